The quantitative estimate of drug-likeness (QED) is 0.544. The summed E-state index contributed by atoms with van der Waals surface area (Å²) in [7, 11) is 3.48. The maximum Gasteiger partial charge on any atom is 0.142 e. The Labute approximate surface area is 69.1 Å². The van der Waals surface area contributed by atoms with Gasteiger partial charge in [-0.05, 0) is 13.8 Å². The van der Waals surface area contributed by atoms with E-state index in [1.807, 2.05) is 14.8 Å². The van der Waals surface area contributed by atoms with E-state index in [1.54, 1.807) is 14.0 Å². The van der Waals surface area contributed by atoms with Gasteiger partial charge in [0.25, 0.3) is 0 Å². The van der Waals surface area contributed by atoms with Crippen molar-refractivity contribution in [3.63, 3.8) is 0 Å². The molecule has 0 bridgehead atoms. The summed E-state index contributed by atoms with van der Waals surface area (Å²) in [6.45, 7) is 4.20. The van der Waals surface area contributed by atoms with Crippen LogP contribution < -0.4 is 0 Å². The van der Waals surface area contributed by atoms with Gasteiger partial charge in [-0.3, -0.25) is 0 Å². The van der Waals surface area contributed by atoms with Crippen molar-refractivity contribution < 1.29 is 14.6 Å². The average Bonchev–Trinajstić information content (AvgIpc) is 1.87. The fraction of sp³-hybridized carbons (Fsp3) is 1.00. The van der Waals surface area contributed by atoms with Gasteiger partial charge in [0.2, 0.25) is 0 Å². The minimum atomic E-state index is -0.422. The SMILES string of the molecule is B[C@H](OC(C)COC)C(C)O. The predicted octanol–water partition coefficient (Wildman–Crippen LogP) is -0.622. The molecule has 0 aliphatic carbocycles. The summed E-state index contributed by atoms with van der Waals surface area (Å²) in [6, 6.07) is -0.125. The number of hydrogen-bond acceptors (Lipinski definition) is 3. The van der Waals surface area contributed by atoms with E-state index in [-0.39, 0.29) is 12.1 Å². The molecule has 0 radical (unpaired) electrons. The molecule has 0 aliphatic rings. The van der Waals surface area contributed by atoms with Crippen molar-refractivity contribution in [2.45, 2.75) is 32.1 Å². The molecule has 0 rings (SSSR count). The van der Waals surface area contributed by atoms with Crippen LogP contribution in [0.4, 0.5) is 0 Å². The van der Waals surface area contributed by atoms with Gasteiger partial charge in [0, 0.05) is 13.1 Å². The van der Waals surface area contributed by atoms with E-state index in [9.17, 15) is 0 Å². The Balaban J connectivity index is 3.48. The molecule has 0 saturated carbocycles. The highest BCUT2D eigenvalue weighted by atomic mass is 16.5. The van der Waals surface area contributed by atoms with Crippen molar-refractivity contribution in [2.75, 3.05) is 13.7 Å². The van der Waals surface area contributed by atoms with Crippen LogP contribution in [0.3, 0.4) is 0 Å². The molecular weight excluding hydrogens is 143 g/mol. The van der Waals surface area contributed by atoms with Crippen molar-refractivity contribution in [3.8, 4) is 0 Å². The summed E-state index contributed by atoms with van der Waals surface area (Å²) < 4.78 is 10.3. The van der Waals surface area contributed by atoms with Crippen LogP contribution in [0.15, 0.2) is 0 Å². The zero-order valence-electron chi connectivity index (χ0n) is 7.70. The molecule has 4 heteroatoms. The first-order chi connectivity index (χ1) is 5.07. The molecule has 0 aliphatic heterocycles. The number of methoxy groups -OCH3 is 1. The van der Waals surface area contributed by atoms with Crippen LogP contribution >= 0.6 is 0 Å². The Morgan fingerprint density at radius 2 is 2.00 bits per heavy atom. The van der Waals surface area contributed by atoms with Crippen molar-refractivity contribution in [2.24, 2.45) is 0 Å². The van der Waals surface area contributed by atoms with Gasteiger partial charge >= 0.3 is 0 Å². The van der Waals surface area contributed by atoms with E-state index in [2.05, 4.69) is 0 Å². The normalized spacial score (nSPS) is 19.3. The van der Waals surface area contributed by atoms with E-state index < -0.39 is 6.10 Å². The molecule has 0 fully saturated rings. The molecule has 0 heterocycles. The lowest BCUT2D eigenvalue weighted by Crippen LogP contribution is -2.31. The first kappa shape index (κ1) is 10.9. The first-order valence-electron chi connectivity index (χ1n) is 3.90. The zero-order chi connectivity index (χ0) is 8.85. The lowest BCUT2D eigenvalue weighted by atomic mass is 9.95. The molecule has 11 heavy (non-hydrogen) atoms. The molecule has 0 saturated heterocycles. The monoisotopic (exact) mass is 160 g/mol. The highest BCUT2D eigenvalue weighted by molar-refractivity contribution is 6.11. The minimum absolute atomic E-state index is 0.0459. The Kier molecular flexibility index (Phi) is 5.55. The van der Waals surface area contributed by atoms with Crippen molar-refractivity contribution in [1.82, 2.24) is 0 Å². The molecular formula is C7H17BO3. The van der Waals surface area contributed by atoms with Crippen LogP contribution in [0.1, 0.15) is 13.8 Å². The van der Waals surface area contributed by atoms with Gasteiger partial charge in [0.05, 0.1) is 18.8 Å². The molecule has 66 valence electrons. The fourth-order valence-corrected chi connectivity index (χ4v) is 0.754. The van der Waals surface area contributed by atoms with Gasteiger partial charge in [0.1, 0.15) is 7.85 Å². The maximum atomic E-state index is 9.07. The van der Waals surface area contributed by atoms with Crippen LogP contribution in [0.25, 0.3) is 0 Å². The number of ether oxygens (including phenoxy) is 2. The molecule has 0 spiro atoms. The van der Waals surface area contributed by atoms with E-state index in [0.29, 0.717) is 6.61 Å². The third-order valence-corrected chi connectivity index (χ3v) is 1.53. The van der Waals surface area contributed by atoms with E-state index in [1.165, 1.54) is 0 Å². The van der Waals surface area contributed by atoms with Crippen molar-refractivity contribution >= 4 is 7.85 Å². The second-order valence-corrected chi connectivity index (χ2v) is 2.85. The van der Waals surface area contributed by atoms with Crippen LogP contribution in [-0.2, 0) is 9.47 Å². The lowest BCUT2D eigenvalue weighted by molar-refractivity contribution is -0.0479. The third kappa shape index (κ3) is 5.24. The number of aliphatic hydroxyl groups is 1. The Morgan fingerprint density at radius 3 is 2.36 bits per heavy atom. The Morgan fingerprint density at radius 1 is 1.45 bits per heavy atom. The number of rotatable bonds is 5. The molecule has 1 N–H and O–H groups in total. The van der Waals surface area contributed by atoms with Crippen LogP contribution in [0, 0.1) is 0 Å². The lowest BCUT2D eigenvalue weighted by Gasteiger charge is -2.20. The minimum Gasteiger partial charge on any atom is -0.392 e. The van der Waals surface area contributed by atoms with Gasteiger partial charge in [-0.1, -0.05) is 0 Å². The standard InChI is InChI=1S/C7H17BO3/c1-5(4-10-3)11-7(8)6(2)9/h5-7,9H,4,8H2,1-3H3/t5?,6?,7-/m1/s1. The summed E-state index contributed by atoms with van der Waals surface area (Å²) in [5.74, 6) is 0. The van der Waals surface area contributed by atoms with Crippen LogP contribution in [0.5, 0.6) is 0 Å². The Bertz CT molecular complexity index is 97.7. The summed E-state index contributed by atoms with van der Waals surface area (Å²) in [5, 5.41) is 9.07. The number of hydrogen-bond donors (Lipinski definition) is 1. The second kappa shape index (κ2) is 5.58. The summed E-state index contributed by atoms with van der Waals surface area (Å²) >= 11 is 0. The summed E-state index contributed by atoms with van der Waals surface area (Å²) in [6.07, 6.45) is -0.376. The van der Waals surface area contributed by atoms with E-state index >= 15 is 0 Å². The van der Waals surface area contributed by atoms with Crippen molar-refractivity contribution in [1.29, 1.82) is 0 Å². The second-order valence-electron chi connectivity index (χ2n) is 2.85. The molecule has 0 aromatic rings. The zero-order valence-corrected chi connectivity index (χ0v) is 7.70. The molecule has 0 aromatic carbocycles. The van der Waals surface area contributed by atoms with Crippen LogP contribution in [0.2, 0.25) is 0 Å². The average molecular weight is 160 g/mol. The smallest absolute Gasteiger partial charge is 0.142 e. The highest BCUT2D eigenvalue weighted by Gasteiger charge is 2.12. The summed E-state index contributed by atoms with van der Waals surface area (Å²) in [5.41, 5.74) is 0. The third-order valence-electron chi connectivity index (χ3n) is 1.53. The van der Waals surface area contributed by atoms with Gasteiger partial charge in [0.15, 0.2) is 0 Å². The van der Waals surface area contributed by atoms with E-state index in [4.69, 9.17) is 14.6 Å². The topological polar surface area (TPSA) is 38.7 Å². The largest absolute Gasteiger partial charge is 0.392 e. The Hall–Kier alpha value is -0.0551. The molecule has 0 amide bonds. The number of aliphatic hydroxyl groups excluding tert-OH is 1. The van der Waals surface area contributed by atoms with Gasteiger partial charge < -0.3 is 14.6 Å². The first-order valence-corrected chi connectivity index (χ1v) is 3.90. The molecule has 2 unspecified atom stereocenters. The predicted molar refractivity (Wildman–Crippen MR) is 46.4 cm³/mol. The van der Waals surface area contributed by atoms with Gasteiger partial charge in [-0.2, -0.15) is 0 Å². The van der Waals surface area contributed by atoms with Crippen LogP contribution in [-0.4, -0.2) is 44.9 Å². The fourth-order valence-electron chi connectivity index (χ4n) is 0.754. The van der Waals surface area contributed by atoms with Gasteiger partial charge in [-0.15, -0.1) is 0 Å². The molecule has 3 nitrogen and oxygen atoms in total. The molecule has 3 atom stereocenters. The molecule has 0 aromatic heterocycles. The van der Waals surface area contributed by atoms with E-state index in [0.717, 1.165) is 0 Å². The van der Waals surface area contributed by atoms with Crippen molar-refractivity contribution in [3.05, 3.63) is 0 Å². The summed E-state index contributed by atoms with van der Waals surface area (Å²) in [4.78, 5) is 0. The highest BCUT2D eigenvalue weighted by Crippen LogP contribution is 1.99. The maximum absolute atomic E-state index is 9.07. The van der Waals surface area contributed by atoms with Gasteiger partial charge in [-0.25, -0.2) is 0 Å².